The predicted octanol–water partition coefficient (Wildman–Crippen LogP) is 6.71. The summed E-state index contributed by atoms with van der Waals surface area (Å²) >= 11 is 6.15. The average Bonchev–Trinajstić information content (AvgIpc) is 3.31. The molecule has 0 saturated heterocycles. The molecule has 7 heteroatoms. The van der Waals surface area contributed by atoms with Crippen LogP contribution < -0.4 is 10.2 Å². The number of hydrogen-bond donors (Lipinski definition) is 1. The minimum Gasteiger partial charge on any atom is -0.334 e. The second-order valence-electron chi connectivity index (χ2n) is 8.33. The molecule has 6 nitrogen and oxygen atoms in total. The molecule has 0 saturated carbocycles. The zero-order valence-electron chi connectivity index (χ0n) is 19.0. The molecule has 0 radical (unpaired) electrons. The quantitative estimate of drug-likeness (QED) is 0.360. The van der Waals surface area contributed by atoms with Crippen LogP contribution >= 0.6 is 11.6 Å². The van der Waals surface area contributed by atoms with Gasteiger partial charge in [0.2, 0.25) is 5.82 Å². The number of aryl methyl sites for hydroxylation is 2. The third-order valence-corrected chi connectivity index (χ3v) is 6.34. The second-order valence-corrected chi connectivity index (χ2v) is 8.77. The Hall–Kier alpha value is -3.90. The van der Waals surface area contributed by atoms with E-state index in [4.69, 9.17) is 16.1 Å². The molecule has 1 N–H and O–H groups in total. The number of nitrogens with one attached hydrogen (secondary N) is 1. The molecule has 0 spiro atoms. The zero-order chi connectivity index (χ0) is 23.8. The number of rotatable bonds is 4. The van der Waals surface area contributed by atoms with Crippen LogP contribution in [0.25, 0.3) is 17.0 Å². The summed E-state index contributed by atoms with van der Waals surface area (Å²) < 4.78 is 5.74. The summed E-state index contributed by atoms with van der Waals surface area (Å²) in [5.74, 6) is 0.773. The van der Waals surface area contributed by atoms with Gasteiger partial charge in [-0.05, 0) is 61.7 Å². The molecule has 1 aromatic heterocycles. The van der Waals surface area contributed by atoms with Gasteiger partial charge in [-0.15, -0.1) is 0 Å². The molecule has 1 atom stereocenters. The first-order valence-corrected chi connectivity index (χ1v) is 11.3. The molecule has 3 aromatic carbocycles. The standard InChI is InChI=1S/C27H23ClN4O2/c1-16-12-13-22(14-17(16)2)32-18(3)23(24(29-27(32)33)19-8-5-4-6-9-19)26-30-25(31-34-26)20-10-7-11-21(28)15-20/h4-15,24H,1-3H3,(H,29,33). The zero-order valence-corrected chi connectivity index (χ0v) is 19.8. The van der Waals surface area contributed by atoms with E-state index in [0.717, 1.165) is 39.2 Å². The van der Waals surface area contributed by atoms with Crippen molar-refractivity contribution >= 4 is 28.9 Å². The van der Waals surface area contributed by atoms with Crippen LogP contribution in [0.2, 0.25) is 5.02 Å². The van der Waals surface area contributed by atoms with Gasteiger partial charge in [-0.25, -0.2) is 4.79 Å². The molecule has 1 aliphatic rings. The molecular weight excluding hydrogens is 448 g/mol. The Balaban J connectivity index is 1.66. The Labute approximate surface area is 202 Å². The number of anilines is 1. The van der Waals surface area contributed by atoms with Gasteiger partial charge in [-0.1, -0.05) is 65.3 Å². The largest absolute Gasteiger partial charge is 0.334 e. The Morgan fingerprint density at radius 2 is 1.74 bits per heavy atom. The minimum atomic E-state index is -0.441. The van der Waals surface area contributed by atoms with Crippen molar-refractivity contribution in [3.05, 3.63) is 106 Å². The van der Waals surface area contributed by atoms with Gasteiger partial charge in [0.15, 0.2) is 0 Å². The number of nitrogens with zero attached hydrogens (tertiary/aromatic N) is 3. The lowest BCUT2D eigenvalue weighted by molar-refractivity contribution is 0.244. The first-order valence-electron chi connectivity index (χ1n) is 11.0. The van der Waals surface area contributed by atoms with E-state index in [0.29, 0.717) is 16.7 Å². The lowest BCUT2D eigenvalue weighted by atomic mass is 9.94. The van der Waals surface area contributed by atoms with Gasteiger partial charge in [0.1, 0.15) is 0 Å². The number of aromatic nitrogens is 2. The maximum Gasteiger partial charge on any atom is 0.326 e. The van der Waals surface area contributed by atoms with Crippen LogP contribution in [-0.4, -0.2) is 16.2 Å². The lowest BCUT2D eigenvalue weighted by Crippen LogP contribution is -2.46. The first kappa shape index (κ1) is 21.9. The summed E-state index contributed by atoms with van der Waals surface area (Å²) in [6.07, 6.45) is 0. The Morgan fingerprint density at radius 1 is 0.941 bits per heavy atom. The van der Waals surface area contributed by atoms with Crippen LogP contribution in [0.3, 0.4) is 0 Å². The van der Waals surface area contributed by atoms with E-state index < -0.39 is 6.04 Å². The lowest BCUT2D eigenvalue weighted by Gasteiger charge is -2.35. The van der Waals surface area contributed by atoms with Crippen molar-refractivity contribution in [3.63, 3.8) is 0 Å². The van der Waals surface area contributed by atoms with Gasteiger partial charge in [0.05, 0.1) is 17.3 Å². The topological polar surface area (TPSA) is 71.3 Å². The number of urea groups is 1. The van der Waals surface area contributed by atoms with E-state index in [2.05, 4.69) is 15.5 Å². The number of carbonyl (C=O) groups is 1. The van der Waals surface area contributed by atoms with E-state index in [9.17, 15) is 4.79 Å². The highest BCUT2D eigenvalue weighted by atomic mass is 35.5. The first-order chi connectivity index (χ1) is 16.4. The summed E-state index contributed by atoms with van der Waals surface area (Å²) in [7, 11) is 0. The van der Waals surface area contributed by atoms with E-state index in [1.54, 1.807) is 17.0 Å². The molecule has 0 aliphatic carbocycles. The van der Waals surface area contributed by atoms with Crippen molar-refractivity contribution in [2.24, 2.45) is 0 Å². The Kier molecular flexibility index (Phi) is 5.67. The number of allylic oxidation sites excluding steroid dienone is 1. The van der Waals surface area contributed by atoms with Crippen LogP contribution in [0.4, 0.5) is 10.5 Å². The summed E-state index contributed by atoms with van der Waals surface area (Å²) in [5.41, 5.74) is 6.18. The van der Waals surface area contributed by atoms with Gasteiger partial charge >= 0.3 is 6.03 Å². The van der Waals surface area contributed by atoms with Crippen molar-refractivity contribution in [2.75, 3.05) is 4.90 Å². The maximum atomic E-state index is 13.3. The number of benzene rings is 3. The molecule has 5 rings (SSSR count). The van der Waals surface area contributed by atoms with E-state index in [1.807, 2.05) is 81.4 Å². The number of carbonyl (C=O) groups excluding carboxylic acids is 1. The van der Waals surface area contributed by atoms with Gasteiger partial charge in [0, 0.05) is 16.3 Å². The van der Waals surface area contributed by atoms with Crippen LogP contribution in [0, 0.1) is 13.8 Å². The van der Waals surface area contributed by atoms with Crippen molar-refractivity contribution in [2.45, 2.75) is 26.8 Å². The van der Waals surface area contributed by atoms with E-state index >= 15 is 0 Å². The average molecular weight is 471 g/mol. The van der Waals surface area contributed by atoms with Gasteiger partial charge < -0.3 is 9.84 Å². The molecule has 1 aliphatic heterocycles. The van der Waals surface area contributed by atoms with Crippen molar-refractivity contribution < 1.29 is 9.32 Å². The van der Waals surface area contributed by atoms with Crippen molar-refractivity contribution in [1.82, 2.24) is 15.5 Å². The fourth-order valence-corrected chi connectivity index (χ4v) is 4.36. The van der Waals surface area contributed by atoms with Gasteiger partial charge in [-0.2, -0.15) is 4.98 Å². The molecule has 170 valence electrons. The number of hydrogen-bond acceptors (Lipinski definition) is 4. The molecule has 34 heavy (non-hydrogen) atoms. The Morgan fingerprint density at radius 3 is 2.47 bits per heavy atom. The summed E-state index contributed by atoms with van der Waals surface area (Å²) in [6.45, 7) is 5.98. The fourth-order valence-electron chi connectivity index (χ4n) is 4.17. The number of amides is 2. The summed E-state index contributed by atoms with van der Waals surface area (Å²) in [4.78, 5) is 19.7. The van der Waals surface area contributed by atoms with Crippen molar-refractivity contribution in [3.8, 4) is 11.4 Å². The van der Waals surface area contributed by atoms with Crippen LogP contribution in [0.15, 0.2) is 83.0 Å². The highest BCUT2D eigenvalue weighted by Crippen LogP contribution is 2.39. The SMILES string of the molecule is CC1=C(c2nc(-c3cccc(Cl)c3)no2)C(c2ccccc2)NC(=O)N1c1ccc(C)c(C)c1. The summed E-state index contributed by atoms with van der Waals surface area (Å²) in [6, 6.07) is 22.4. The van der Waals surface area contributed by atoms with E-state index in [1.165, 1.54) is 0 Å². The maximum absolute atomic E-state index is 13.3. The van der Waals surface area contributed by atoms with Crippen molar-refractivity contribution in [1.29, 1.82) is 0 Å². The van der Waals surface area contributed by atoms with Gasteiger partial charge in [-0.3, -0.25) is 4.90 Å². The molecule has 0 bridgehead atoms. The molecule has 2 heterocycles. The second kappa shape index (κ2) is 8.80. The fraction of sp³-hybridized carbons (Fsp3) is 0.148. The molecule has 1 unspecified atom stereocenters. The third-order valence-electron chi connectivity index (χ3n) is 6.11. The van der Waals surface area contributed by atoms with E-state index in [-0.39, 0.29) is 6.03 Å². The van der Waals surface area contributed by atoms with Crippen LogP contribution in [-0.2, 0) is 0 Å². The molecular formula is C27H23ClN4O2. The highest BCUT2D eigenvalue weighted by Gasteiger charge is 2.36. The third kappa shape index (κ3) is 3.97. The number of halogens is 1. The summed E-state index contributed by atoms with van der Waals surface area (Å²) in [5, 5.41) is 7.92. The monoisotopic (exact) mass is 470 g/mol. The minimum absolute atomic E-state index is 0.215. The molecule has 2 amide bonds. The smallest absolute Gasteiger partial charge is 0.326 e. The molecule has 4 aromatic rings. The van der Waals surface area contributed by atoms with Crippen LogP contribution in [0.1, 0.15) is 35.5 Å². The normalized spacial score (nSPS) is 16.1. The Bertz CT molecular complexity index is 1410. The highest BCUT2D eigenvalue weighted by molar-refractivity contribution is 6.30. The van der Waals surface area contributed by atoms with Crippen LogP contribution in [0.5, 0.6) is 0 Å². The predicted molar refractivity (Wildman–Crippen MR) is 133 cm³/mol. The molecule has 0 fully saturated rings. The van der Waals surface area contributed by atoms with Gasteiger partial charge in [0.25, 0.3) is 5.89 Å².